The number of hydrogen-bond acceptors (Lipinski definition) is 3. The fraction of sp³-hybridized carbons (Fsp3) is 0.182. The van der Waals surface area contributed by atoms with E-state index in [1.165, 1.54) is 11.3 Å². The summed E-state index contributed by atoms with van der Waals surface area (Å²) in [5.41, 5.74) is 1.09. The minimum atomic E-state index is 0.740. The third-order valence-corrected chi connectivity index (χ3v) is 3.21. The number of thiophene rings is 1. The third kappa shape index (κ3) is 1.30. The Kier molecular flexibility index (Phi) is 2.25. The van der Waals surface area contributed by atoms with Crippen LogP contribution in [0.2, 0.25) is 0 Å². The summed E-state index contributed by atoms with van der Waals surface area (Å²) in [6, 6.07) is 5.90. The molecule has 0 atom stereocenters. The minimum absolute atomic E-state index is 0.740. The van der Waals surface area contributed by atoms with E-state index in [4.69, 9.17) is 4.74 Å². The van der Waals surface area contributed by atoms with Gasteiger partial charge in [-0.05, 0) is 24.6 Å². The molecule has 0 aliphatic carbocycles. The van der Waals surface area contributed by atoms with Crippen LogP contribution in [0.3, 0.4) is 0 Å². The molecule has 1 aromatic heterocycles. The summed E-state index contributed by atoms with van der Waals surface area (Å²) in [7, 11) is 1.65. The van der Waals surface area contributed by atoms with Crippen LogP contribution in [0, 0.1) is 6.92 Å². The van der Waals surface area contributed by atoms with Crippen molar-refractivity contribution in [1.82, 2.24) is 0 Å². The van der Waals surface area contributed by atoms with Crippen LogP contribution in [0.1, 0.15) is 15.2 Å². The summed E-state index contributed by atoms with van der Waals surface area (Å²) in [5, 5.41) is 1.03. The molecule has 2 aromatic rings. The van der Waals surface area contributed by atoms with Crippen LogP contribution in [0.25, 0.3) is 10.1 Å². The molecule has 0 unspecified atom stereocenters. The fourth-order valence-electron chi connectivity index (χ4n) is 1.54. The second-order valence-electron chi connectivity index (χ2n) is 3.09. The third-order valence-electron chi connectivity index (χ3n) is 2.19. The van der Waals surface area contributed by atoms with E-state index in [-0.39, 0.29) is 0 Å². The zero-order valence-electron chi connectivity index (χ0n) is 8.03. The largest absolute Gasteiger partial charge is 0.496 e. The first-order valence-electron chi connectivity index (χ1n) is 4.28. The molecular weight excluding hydrogens is 196 g/mol. The van der Waals surface area contributed by atoms with E-state index >= 15 is 0 Å². The number of aldehydes is 1. The van der Waals surface area contributed by atoms with Crippen molar-refractivity contribution >= 4 is 27.7 Å². The Hall–Kier alpha value is -1.35. The van der Waals surface area contributed by atoms with Crippen molar-refractivity contribution in [2.75, 3.05) is 7.11 Å². The average Bonchev–Trinajstić information content (AvgIpc) is 2.60. The number of methoxy groups -OCH3 is 1. The maximum Gasteiger partial charge on any atom is 0.160 e. The molecule has 0 saturated carbocycles. The van der Waals surface area contributed by atoms with Gasteiger partial charge in [-0.25, -0.2) is 0 Å². The lowest BCUT2D eigenvalue weighted by atomic mass is 10.1. The maximum absolute atomic E-state index is 10.6. The number of benzene rings is 1. The molecular formula is C11H10O2S. The molecule has 3 heteroatoms. The summed E-state index contributed by atoms with van der Waals surface area (Å²) in [4.78, 5) is 11.4. The molecule has 0 N–H and O–H groups in total. The molecule has 0 aliphatic rings. The summed E-state index contributed by atoms with van der Waals surface area (Å²) < 4.78 is 6.40. The van der Waals surface area contributed by atoms with Gasteiger partial charge in [0.05, 0.1) is 12.0 Å². The lowest BCUT2D eigenvalue weighted by molar-refractivity contribution is 0.112. The van der Waals surface area contributed by atoms with E-state index in [1.807, 2.05) is 25.1 Å². The van der Waals surface area contributed by atoms with Gasteiger partial charge in [-0.2, -0.15) is 0 Å². The van der Waals surface area contributed by atoms with Crippen LogP contribution in [-0.2, 0) is 0 Å². The van der Waals surface area contributed by atoms with E-state index < -0.39 is 0 Å². The Morgan fingerprint density at radius 2 is 2.21 bits per heavy atom. The Morgan fingerprint density at radius 3 is 2.86 bits per heavy atom. The monoisotopic (exact) mass is 206 g/mol. The van der Waals surface area contributed by atoms with Crippen molar-refractivity contribution in [2.45, 2.75) is 6.92 Å². The van der Waals surface area contributed by atoms with Crippen LogP contribution >= 0.6 is 11.3 Å². The van der Waals surface area contributed by atoms with Gasteiger partial charge in [-0.3, -0.25) is 4.79 Å². The van der Waals surface area contributed by atoms with Crippen molar-refractivity contribution < 1.29 is 9.53 Å². The summed E-state index contributed by atoms with van der Waals surface area (Å²) in [6.45, 7) is 2.00. The van der Waals surface area contributed by atoms with Crippen LogP contribution in [0.5, 0.6) is 5.75 Å². The van der Waals surface area contributed by atoms with Gasteiger partial charge < -0.3 is 4.74 Å². The molecule has 0 spiro atoms. The molecule has 2 nitrogen and oxygen atoms in total. The van der Waals surface area contributed by atoms with E-state index in [2.05, 4.69) is 0 Å². The highest BCUT2D eigenvalue weighted by molar-refractivity contribution is 7.20. The number of fused-ring (bicyclic) bond motifs is 1. The predicted octanol–water partition coefficient (Wildman–Crippen LogP) is 3.03. The minimum Gasteiger partial charge on any atom is -0.496 e. The van der Waals surface area contributed by atoms with Crippen molar-refractivity contribution in [2.24, 2.45) is 0 Å². The quantitative estimate of drug-likeness (QED) is 0.706. The van der Waals surface area contributed by atoms with Crippen molar-refractivity contribution in [3.63, 3.8) is 0 Å². The Labute approximate surface area is 86.1 Å². The van der Waals surface area contributed by atoms with Gasteiger partial charge in [0.2, 0.25) is 0 Å². The molecule has 0 fully saturated rings. The van der Waals surface area contributed by atoms with Gasteiger partial charge >= 0.3 is 0 Å². The number of rotatable bonds is 2. The first kappa shape index (κ1) is 9.21. The standard InChI is InChI=1S/C11H10O2S/c1-7-3-4-10-9(11(7)13-2)5-8(6-12)14-10/h3-6H,1-2H3. The number of carbonyl (C=O) groups is 1. The SMILES string of the molecule is COc1c(C)ccc2sc(C=O)cc12. The molecule has 2 rings (SSSR count). The second-order valence-corrected chi connectivity index (χ2v) is 4.21. The number of aryl methyl sites for hydroxylation is 1. The van der Waals surface area contributed by atoms with Gasteiger partial charge in [0, 0.05) is 10.1 Å². The van der Waals surface area contributed by atoms with Crippen LogP contribution in [-0.4, -0.2) is 13.4 Å². The van der Waals surface area contributed by atoms with Crippen LogP contribution < -0.4 is 4.74 Å². The lowest BCUT2D eigenvalue weighted by Crippen LogP contribution is -1.86. The zero-order chi connectivity index (χ0) is 10.1. The van der Waals surface area contributed by atoms with Gasteiger partial charge in [0.25, 0.3) is 0 Å². The molecule has 0 bridgehead atoms. The van der Waals surface area contributed by atoms with Gasteiger partial charge in [0.15, 0.2) is 6.29 Å². The highest BCUT2D eigenvalue weighted by atomic mass is 32.1. The first-order chi connectivity index (χ1) is 6.76. The normalized spacial score (nSPS) is 10.4. The van der Waals surface area contributed by atoms with E-state index in [0.717, 1.165) is 32.6 Å². The molecule has 0 amide bonds. The van der Waals surface area contributed by atoms with E-state index in [0.29, 0.717) is 0 Å². The molecule has 1 heterocycles. The lowest BCUT2D eigenvalue weighted by Gasteiger charge is -2.04. The van der Waals surface area contributed by atoms with E-state index in [1.54, 1.807) is 7.11 Å². The maximum atomic E-state index is 10.6. The Morgan fingerprint density at radius 1 is 1.43 bits per heavy atom. The van der Waals surface area contributed by atoms with E-state index in [9.17, 15) is 4.79 Å². The van der Waals surface area contributed by atoms with Gasteiger partial charge in [-0.1, -0.05) is 6.07 Å². The summed E-state index contributed by atoms with van der Waals surface area (Å²) in [5.74, 6) is 0.867. The van der Waals surface area contributed by atoms with Gasteiger partial charge in [0.1, 0.15) is 5.75 Å². The predicted molar refractivity (Wildman–Crippen MR) is 58.5 cm³/mol. The van der Waals surface area contributed by atoms with Crippen molar-refractivity contribution in [1.29, 1.82) is 0 Å². The number of hydrogen-bond donors (Lipinski definition) is 0. The number of carbonyl (C=O) groups excluding carboxylic acids is 1. The molecule has 1 aromatic carbocycles. The Balaban J connectivity index is 2.79. The summed E-state index contributed by atoms with van der Waals surface area (Å²) >= 11 is 1.49. The smallest absolute Gasteiger partial charge is 0.160 e. The zero-order valence-corrected chi connectivity index (χ0v) is 8.85. The first-order valence-corrected chi connectivity index (χ1v) is 5.10. The fourth-order valence-corrected chi connectivity index (χ4v) is 2.42. The number of ether oxygens (including phenoxy) is 1. The molecule has 0 radical (unpaired) electrons. The molecule has 0 aliphatic heterocycles. The van der Waals surface area contributed by atoms with Crippen molar-refractivity contribution in [3.05, 3.63) is 28.6 Å². The molecule has 0 saturated heterocycles. The average molecular weight is 206 g/mol. The molecule has 72 valence electrons. The van der Waals surface area contributed by atoms with Crippen LogP contribution in [0.4, 0.5) is 0 Å². The van der Waals surface area contributed by atoms with Crippen molar-refractivity contribution in [3.8, 4) is 5.75 Å². The highest BCUT2D eigenvalue weighted by Crippen LogP contribution is 2.34. The topological polar surface area (TPSA) is 26.3 Å². The molecule has 14 heavy (non-hydrogen) atoms. The summed E-state index contributed by atoms with van der Waals surface area (Å²) in [6.07, 6.45) is 0.874. The van der Waals surface area contributed by atoms with Gasteiger partial charge in [-0.15, -0.1) is 11.3 Å². The second kappa shape index (κ2) is 3.42. The van der Waals surface area contributed by atoms with Crippen LogP contribution in [0.15, 0.2) is 18.2 Å². The Bertz CT molecular complexity index is 485. The highest BCUT2D eigenvalue weighted by Gasteiger charge is 2.08.